The number of likely N-dealkylation sites (N-methyl/N-ethyl adjacent to an activating group) is 1. The second-order valence-electron chi connectivity index (χ2n) is 6.02. The van der Waals surface area contributed by atoms with Crippen molar-refractivity contribution in [3.8, 4) is 0 Å². The first-order valence-corrected chi connectivity index (χ1v) is 9.22. The quantitative estimate of drug-likeness (QED) is 0.369. The van der Waals surface area contributed by atoms with Crippen LogP contribution in [0, 0.1) is 12.7 Å². The van der Waals surface area contributed by atoms with Crippen LogP contribution < -0.4 is 15.6 Å². The van der Waals surface area contributed by atoms with Crippen LogP contribution in [0.2, 0.25) is 0 Å². The SMILES string of the molecule is CCN(CCO)c1ccc(/C=N\NC(=S)NCc2ccc(F)cc2)c(C)c1. The van der Waals surface area contributed by atoms with Crippen LogP contribution in [0.1, 0.15) is 23.6 Å². The smallest absolute Gasteiger partial charge is 0.187 e. The third-order valence-corrected chi connectivity index (χ3v) is 4.34. The van der Waals surface area contributed by atoms with E-state index in [1.165, 1.54) is 12.1 Å². The van der Waals surface area contributed by atoms with Crippen LogP contribution >= 0.6 is 12.2 Å². The van der Waals surface area contributed by atoms with E-state index in [1.54, 1.807) is 18.3 Å². The predicted octanol–water partition coefficient (Wildman–Crippen LogP) is 2.95. The summed E-state index contributed by atoms with van der Waals surface area (Å²) in [5.41, 5.74) is 6.85. The number of aliphatic hydroxyl groups excluding tert-OH is 1. The van der Waals surface area contributed by atoms with Gasteiger partial charge in [0.25, 0.3) is 0 Å². The molecule has 0 fully saturated rings. The highest BCUT2D eigenvalue weighted by atomic mass is 32.1. The Morgan fingerprint density at radius 2 is 2.00 bits per heavy atom. The molecular formula is C20H25FN4OS. The van der Waals surface area contributed by atoms with Gasteiger partial charge in [0.05, 0.1) is 12.8 Å². The molecule has 0 saturated carbocycles. The number of hydrogen-bond acceptors (Lipinski definition) is 4. The molecule has 0 bridgehead atoms. The first-order valence-electron chi connectivity index (χ1n) is 8.81. The maximum atomic E-state index is 12.9. The van der Waals surface area contributed by atoms with Crippen molar-refractivity contribution in [2.24, 2.45) is 5.10 Å². The number of nitrogens with zero attached hydrogens (tertiary/aromatic N) is 2. The second-order valence-corrected chi connectivity index (χ2v) is 6.43. The lowest BCUT2D eigenvalue weighted by Gasteiger charge is -2.22. The standard InChI is InChI=1S/C20H25FN4OS/c1-3-25(10-11-26)19-9-6-17(15(2)12-19)14-23-24-20(27)22-13-16-4-7-18(21)8-5-16/h4-9,12,14,26H,3,10-11,13H2,1-2H3,(H2,22,24,27)/b23-14-. The predicted molar refractivity (Wildman–Crippen MR) is 113 cm³/mol. The molecule has 0 aromatic heterocycles. The van der Waals surface area contributed by atoms with Crippen molar-refractivity contribution in [1.29, 1.82) is 0 Å². The summed E-state index contributed by atoms with van der Waals surface area (Å²) >= 11 is 5.19. The minimum absolute atomic E-state index is 0.127. The molecule has 0 radical (unpaired) electrons. The van der Waals surface area contributed by atoms with Gasteiger partial charge in [-0.3, -0.25) is 5.43 Å². The van der Waals surface area contributed by atoms with Gasteiger partial charge in [-0.2, -0.15) is 5.10 Å². The number of rotatable bonds is 8. The molecule has 2 aromatic rings. The van der Waals surface area contributed by atoms with Crippen molar-refractivity contribution in [3.63, 3.8) is 0 Å². The van der Waals surface area contributed by atoms with Crippen LogP contribution in [0.4, 0.5) is 10.1 Å². The minimum Gasteiger partial charge on any atom is -0.395 e. The van der Waals surface area contributed by atoms with Crippen LogP contribution in [0.3, 0.4) is 0 Å². The van der Waals surface area contributed by atoms with Crippen LogP contribution in [-0.4, -0.2) is 36.1 Å². The van der Waals surface area contributed by atoms with E-state index in [9.17, 15) is 4.39 Å². The average Bonchev–Trinajstić information content (AvgIpc) is 2.67. The number of aliphatic hydroxyl groups is 1. The number of benzene rings is 2. The fourth-order valence-corrected chi connectivity index (χ4v) is 2.70. The maximum absolute atomic E-state index is 12.9. The number of nitrogens with one attached hydrogen (secondary N) is 2. The molecule has 5 nitrogen and oxygen atoms in total. The lowest BCUT2D eigenvalue weighted by atomic mass is 10.1. The van der Waals surface area contributed by atoms with Gasteiger partial charge in [-0.05, 0) is 67.0 Å². The summed E-state index contributed by atoms with van der Waals surface area (Å²) in [5.74, 6) is -0.260. The van der Waals surface area contributed by atoms with Crippen molar-refractivity contribution >= 4 is 29.2 Å². The summed E-state index contributed by atoms with van der Waals surface area (Å²) in [4.78, 5) is 2.11. The van der Waals surface area contributed by atoms with Gasteiger partial charge in [0.1, 0.15) is 5.82 Å². The number of hydrazone groups is 1. The summed E-state index contributed by atoms with van der Waals surface area (Å²) in [6, 6.07) is 12.3. The lowest BCUT2D eigenvalue weighted by Crippen LogP contribution is -2.31. The summed E-state index contributed by atoms with van der Waals surface area (Å²) < 4.78 is 12.9. The molecule has 2 aromatic carbocycles. The van der Waals surface area contributed by atoms with Crippen molar-refractivity contribution in [1.82, 2.24) is 10.7 Å². The number of halogens is 1. The fraction of sp³-hybridized carbons (Fsp3) is 0.300. The molecule has 0 atom stereocenters. The van der Waals surface area contributed by atoms with E-state index in [0.717, 1.165) is 28.9 Å². The Balaban J connectivity index is 1.87. The Morgan fingerprint density at radius 3 is 2.63 bits per heavy atom. The molecule has 144 valence electrons. The molecule has 0 unspecified atom stereocenters. The second kappa shape index (κ2) is 10.6. The van der Waals surface area contributed by atoms with Crippen LogP contribution in [0.25, 0.3) is 0 Å². The number of anilines is 1. The Morgan fingerprint density at radius 1 is 1.26 bits per heavy atom. The van der Waals surface area contributed by atoms with E-state index in [1.807, 2.05) is 19.1 Å². The summed E-state index contributed by atoms with van der Waals surface area (Å²) in [7, 11) is 0. The van der Waals surface area contributed by atoms with Crippen molar-refractivity contribution in [2.75, 3.05) is 24.6 Å². The summed E-state index contributed by atoms with van der Waals surface area (Å²) in [6.07, 6.45) is 1.72. The molecule has 0 spiro atoms. The van der Waals surface area contributed by atoms with E-state index in [0.29, 0.717) is 18.2 Å². The molecule has 0 aliphatic rings. The molecule has 0 aliphatic heterocycles. The van der Waals surface area contributed by atoms with Gasteiger partial charge >= 0.3 is 0 Å². The Kier molecular flexibility index (Phi) is 8.16. The van der Waals surface area contributed by atoms with E-state index < -0.39 is 0 Å². The van der Waals surface area contributed by atoms with E-state index in [-0.39, 0.29) is 12.4 Å². The molecule has 7 heteroatoms. The molecular weight excluding hydrogens is 363 g/mol. The summed E-state index contributed by atoms with van der Waals surface area (Å²) in [5, 5.41) is 16.7. The van der Waals surface area contributed by atoms with E-state index in [2.05, 4.69) is 33.7 Å². The van der Waals surface area contributed by atoms with Gasteiger partial charge in [-0.15, -0.1) is 0 Å². The van der Waals surface area contributed by atoms with Gasteiger partial charge in [0.15, 0.2) is 5.11 Å². The van der Waals surface area contributed by atoms with E-state index >= 15 is 0 Å². The van der Waals surface area contributed by atoms with Gasteiger partial charge in [0.2, 0.25) is 0 Å². The third-order valence-electron chi connectivity index (χ3n) is 4.11. The van der Waals surface area contributed by atoms with Crippen LogP contribution in [0.5, 0.6) is 0 Å². The third kappa shape index (κ3) is 6.62. The van der Waals surface area contributed by atoms with Crippen molar-refractivity contribution in [2.45, 2.75) is 20.4 Å². The first kappa shape index (κ1) is 20.8. The zero-order valence-corrected chi connectivity index (χ0v) is 16.4. The lowest BCUT2D eigenvalue weighted by molar-refractivity contribution is 0.302. The highest BCUT2D eigenvalue weighted by Gasteiger charge is 2.05. The molecule has 0 aliphatic carbocycles. The monoisotopic (exact) mass is 388 g/mol. The van der Waals surface area contributed by atoms with Gasteiger partial charge in [-0.1, -0.05) is 18.2 Å². The van der Waals surface area contributed by atoms with Crippen molar-refractivity contribution < 1.29 is 9.50 Å². The highest BCUT2D eigenvalue weighted by molar-refractivity contribution is 7.80. The van der Waals surface area contributed by atoms with Crippen molar-refractivity contribution in [3.05, 3.63) is 65.0 Å². The summed E-state index contributed by atoms with van der Waals surface area (Å²) in [6.45, 7) is 6.14. The molecule has 0 amide bonds. The van der Waals surface area contributed by atoms with Crippen LogP contribution in [-0.2, 0) is 6.54 Å². The fourth-order valence-electron chi connectivity index (χ4n) is 2.58. The maximum Gasteiger partial charge on any atom is 0.187 e. The zero-order valence-electron chi connectivity index (χ0n) is 15.6. The topological polar surface area (TPSA) is 59.9 Å². The largest absolute Gasteiger partial charge is 0.395 e. The average molecular weight is 389 g/mol. The minimum atomic E-state index is -0.260. The number of thiocarbonyl (C=S) groups is 1. The molecule has 3 N–H and O–H groups in total. The Hall–Kier alpha value is -2.51. The van der Waals surface area contributed by atoms with E-state index in [4.69, 9.17) is 17.3 Å². The van der Waals surface area contributed by atoms with Gasteiger partial charge in [0, 0.05) is 25.3 Å². The number of hydrogen-bond donors (Lipinski definition) is 3. The Bertz CT molecular complexity index is 780. The normalized spacial score (nSPS) is 10.8. The number of aryl methyl sites for hydroxylation is 1. The molecule has 0 heterocycles. The first-order chi connectivity index (χ1) is 13.0. The Labute approximate surface area is 164 Å². The van der Waals surface area contributed by atoms with Gasteiger partial charge < -0.3 is 15.3 Å². The molecule has 2 rings (SSSR count). The van der Waals surface area contributed by atoms with Gasteiger partial charge in [-0.25, -0.2) is 4.39 Å². The zero-order chi connectivity index (χ0) is 19.6. The van der Waals surface area contributed by atoms with Crippen LogP contribution in [0.15, 0.2) is 47.6 Å². The molecule has 0 saturated heterocycles. The highest BCUT2D eigenvalue weighted by Crippen LogP contribution is 2.18. The molecule has 27 heavy (non-hydrogen) atoms.